The summed E-state index contributed by atoms with van der Waals surface area (Å²) in [6.07, 6.45) is 5.24. The van der Waals surface area contributed by atoms with Crippen LogP contribution in [0, 0.1) is 5.92 Å². The van der Waals surface area contributed by atoms with Crippen molar-refractivity contribution in [1.82, 2.24) is 4.90 Å². The van der Waals surface area contributed by atoms with Crippen molar-refractivity contribution < 1.29 is 10.2 Å². The lowest BCUT2D eigenvalue weighted by molar-refractivity contribution is -0.125. The van der Waals surface area contributed by atoms with E-state index in [2.05, 4.69) is 11.9 Å². The second kappa shape index (κ2) is 3.80. The van der Waals surface area contributed by atoms with Gasteiger partial charge in [0.2, 0.25) is 0 Å². The summed E-state index contributed by atoms with van der Waals surface area (Å²) >= 11 is 0. The molecule has 2 N–H and O–H groups in total. The molecule has 0 radical (unpaired) electrons. The molecule has 3 atom stereocenters. The first-order chi connectivity index (χ1) is 6.67. The highest BCUT2D eigenvalue weighted by molar-refractivity contribution is 5.00. The van der Waals surface area contributed by atoms with Gasteiger partial charge in [0.1, 0.15) is 0 Å². The molecule has 1 saturated heterocycles. The number of nitrogens with zero attached hydrogens (tertiary/aromatic N) is 1. The Morgan fingerprint density at radius 1 is 1.36 bits per heavy atom. The van der Waals surface area contributed by atoms with Crippen LogP contribution in [0.1, 0.15) is 32.1 Å². The SMILES string of the molecule is CN1CCC2(O)CCCCC2C1CO. The van der Waals surface area contributed by atoms with Crippen LogP contribution in [0.5, 0.6) is 0 Å². The first-order valence-electron chi connectivity index (χ1n) is 5.71. The number of piperidine rings is 1. The van der Waals surface area contributed by atoms with Crippen molar-refractivity contribution in [3.05, 3.63) is 0 Å². The van der Waals surface area contributed by atoms with E-state index < -0.39 is 5.60 Å². The highest BCUT2D eigenvalue weighted by atomic mass is 16.3. The van der Waals surface area contributed by atoms with Gasteiger partial charge < -0.3 is 15.1 Å². The average molecular weight is 199 g/mol. The van der Waals surface area contributed by atoms with E-state index in [1.54, 1.807) is 0 Å². The maximum absolute atomic E-state index is 10.5. The molecule has 0 aromatic carbocycles. The van der Waals surface area contributed by atoms with Crippen molar-refractivity contribution in [3.8, 4) is 0 Å². The van der Waals surface area contributed by atoms with E-state index in [1.165, 1.54) is 6.42 Å². The highest BCUT2D eigenvalue weighted by Gasteiger charge is 2.46. The molecular formula is C11H21NO2. The average Bonchev–Trinajstić information content (AvgIpc) is 2.19. The van der Waals surface area contributed by atoms with Crippen LogP contribution in [0.3, 0.4) is 0 Å². The van der Waals surface area contributed by atoms with E-state index >= 15 is 0 Å². The summed E-state index contributed by atoms with van der Waals surface area (Å²) < 4.78 is 0. The number of hydrogen-bond acceptors (Lipinski definition) is 3. The summed E-state index contributed by atoms with van der Waals surface area (Å²) in [5.74, 6) is 0.292. The lowest BCUT2D eigenvalue weighted by atomic mass is 9.68. The molecule has 2 rings (SSSR count). The van der Waals surface area contributed by atoms with Crippen molar-refractivity contribution >= 4 is 0 Å². The zero-order valence-corrected chi connectivity index (χ0v) is 8.95. The molecule has 1 aliphatic heterocycles. The molecule has 2 fully saturated rings. The van der Waals surface area contributed by atoms with Gasteiger partial charge >= 0.3 is 0 Å². The van der Waals surface area contributed by atoms with Gasteiger partial charge in [-0.15, -0.1) is 0 Å². The topological polar surface area (TPSA) is 43.7 Å². The second-order valence-corrected chi connectivity index (χ2v) is 4.94. The van der Waals surface area contributed by atoms with E-state index in [9.17, 15) is 10.2 Å². The molecule has 14 heavy (non-hydrogen) atoms. The Kier molecular flexibility index (Phi) is 2.82. The molecule has 3 nitrogen and oxygen atoms in total. The summed E-state index contributed by atoms with van der Waals surface area (Å²) in [4.78, 5) is 2.20. The fourth-order valence-electron chi connectivity index (χ4n) is 3.22. The highest BCUT2D eigenvalue weighted by Crippen LogP contribution is 2.42. The largest absolute Gasteiger partial charge is 0.395 e. The third-order valence-corrected chi connectivity index (χ3v) is 4.18. The van der Waals surface area contributed by atoms with Gasteiger partial charge in [0.25, 0.3) is 0 Å². The van der Waals surface area contributed by atoms with Crippen LogP contribution in [0.2, 0.25) is 0 Å². The number of aliphatic hydroxyl groups is 2. The van der Waals surface area contributed by atoms with Crippen LogP contribution in [0.25, 0.3) is 0 Å². The fourth-order valence-corrected chi connectivity index (χ4v) is 3.22. The van der Waals surface area contributed by atoms with E-state index in [4.69, 9.17) is 0 Å². The number of fused-ring (bicyclic) bond motifs is 1. The molecule has 3 heteroatoms. The van der Waals surface area contributed by atoms with Gasteiger partial charge in [0.05, 0.1) is 12.2 Å². The summed E-state index contributed by atoms with van der Waals surface area (Å²) in [6, 6.07) is 0.175. The van der Waals surface area contributed by atoms with Gasteiger partial charge in [-0.3, -0.25) is 0 Å². The quantitative estimate of drug-likeness (QED) is 0.650. The third kappa shape index (κ3) is 1.58. The van der Waals surface area contributed by atoms with Gasteiger partial charge in [-0.1, -0.05) is 12.8 Å². The number of rotatable bonds is 1. The Labute approximate surface area is 85.7 Å². The Morgan fingerprint density at radius 2 is 2.14 bits per heavy atom. The summed E-state index contributed by atoms with van der Waals surface area (Å²) in [5.41, 5.74) is -0.474. The first kappa shape index (κ1) is 10.4. The molecule has 0 spiro atoms. The smallest absolute Gasteiger partial charge is 0.0703 e. The van der Waals surface area contributed by atoms with E-state index in [-0.39, 0.29) is 12.6 Å². The van der Waals surface area contributed by atoms with Crippen LogP contribution in [-0.4, -0.2) is 47.0 Å². The minimum absolute atomic E-state index is 0.175. The van der Waals surface area contributed by atoms with Gasteiger partial charge in [-0.2, -0.15) is 0 Å². The molecule has 82 valence electrons. The molecule has 0 aromatic rings. The zero-order valence-electron chi connectivity index (χ0n) is 8.95. The van der Waals surface area contributed by atoms with Crippen LogP contribution < -0.4 is 0 Å². The minimum atomic E-state index is -0.474. The molecule has 0 amide bonds. The van der Waals surface area contributed by atoms with Gasteiger partial charge in [-0.25, -0.2) is 0 Å². The summed E-state index contributed by atoms with van der Waals surface area (Å²) in [7, 11) is 2.05. The predicted octanol–water partition coefficient (Wildman–Crippen LogP) is 0.604. The van der Waals surface area contributed by atoms with Gasteiger partial charge in [-0.05, 0) is 26.3 Å². The second-order valence-electron chi connectivity index (χ2n) is 4.94. The molecule has 2 aliphatic rings. The molecule has 0 bridgehead atoms. The zero-order chi connectivity index (χ0) is 10.2. The molecule has 1 aliphatic carbocycles. The van der Waals surface area contributed by atoms with E-state index in [1.807, 2.05) is 0 Å². The lowest BCUT2D eigenvalue weighted by Gasteiger charge is -2.51. The number of aliphatic hydroxyl groups excluding tert-OH is 1. The van der Waals surface area contributed by atoms with Crippen molar-refractivity contribution in [1.29, 1.82) is 0 Å². The maximum Gasteiger partial charge on any atom is 0.0703 e. The molecule has 3 unspecified atom stereocenters. The molecule has 1 saturated carbocycles. The Bertz CT molecular complexity index is 209. The van der Waals surface area contributed by atoms with Crippen LogP contribution in [0.15, 0.2) is 0 Å². The van der Waals surface area contributed by atoms with Gasteiger partial charge in [0, 0.05) is 18.5 Å². The molecule has 0 aromatic heterocycles. The maximum atomic E-state index is 10.5. The van der Waals surface area contributed by atoms with Crippen molar-refractivity contribution in [2.75, 3.05) is 20.2 Å². The Balaban J connectivity index is 2.16. The number of hydrogen-bond donors (Lipinski definition) is 2. The van der Waals surface area contributed by atoms with Gasteiger partial charge in [0.15, 0.2) is 0 Å². The third-order valence-electron chi connectivity index (χ3n) is 4.18. The fraction of sp³-hybridized carbons (Fsp3) is 1.00. The van der Waals surface area contributed by atoms with E-state index in [0.29, 0.717) is 5.92 Å². The van der Waals surface area contributed by atoms with Crippen LogP contribution >= 0.6 is 0 Å². The standard InChI is InChI=1S/C11H21NO2/c1-12-7-6-11(14)5-3-2-4-9(11)10(12)8-13/h9-10,13-14H,2-8H2,1H3. The number of likely N-dealkylation sites (N-methyl/N-ethyl adjacent to an activating group) is 1. The molecular weight excluding hydrogens is 178 g/mol. The minimum Gasteiger partial charge on any atom is -0.395 e. The summed E-state index contributed by atoms with van der Waals surface area (Å²) in [5, 5.41) is 19.8. The Hall–Kier alpha value is -0.120. The number of likely N-dealkylation sites (tertiary alicyclic amines) is 1. The lowest BCUT2D eigenvalue weighted by Crippen LogP contribution is -2.59. The Morgan fingerprint density at radius 3 is 2.86 bits per heavy atom. The predicted molar refractivity (Wildman–Crippen MR) is 55.0 cm³/mol. The van der Waals surface area contributed by atoms with Crippen LogP contribution in [-0.2, 0) is 0 Å². The first-order valence-corrected chi connectivity index (χ1v) is 5.71. The summed E-state index contributed by atoms with van der Waals surface area (Å²) in [6.45, 7) is 1.10. The monoisotopic (exact) mass is 199 g/mol. The van der Waals surface area contributed by atoms with Crippen molar-refractivity contribution in [2.24, 2.45) is 5.92 Å². The van der Waals surface area contributed by atoms with Crippen molar-refractivity contribution in [3.63, 3.8) is 0 Å². The van der Waals surface area contributed by atoms with Crippen LogP contribution in [0.4, 0.5) is 0 Å². The molecule has 1 heterocycles. The normalized spacial score (nSPS) is 44.8. The van der Waals surface area contributed by atoms with E-state index in [0.717, 1.165) is 32.2 Å². The van der Waals surface area contributed by atoms with Crippen molar-refractivity contribution in [2.45, 2.75) is 43.7 Å².